The summed E-state index contributed by atoms with van der Waals surface area (Å²) in [6, 6.07) is 5.76. The fraction of sp³-hybridized carbons (Fsp3) is 0.278. The van der Waals surface area contributed by atoms with E-state index in [2.05, 4.69) is 0 Å². The molecule has 4 nitrogen and oxygen atoms in total. The average Bonchev–Trinajstić information content (AvgIpc) is 2.78. The van der Waals surface area contributed by atoms with E-state index in [0.29, 0.717) is 22.8 Å². The minimum absolute atomic E-state index is 0.00162. The summed E-state index contributed by atoms with van der Waals surface area (Å²) >= 11 is 0. The SMILES string of the molecule is COc1cc2c(c(OC)c1OC)-c1cc(C)cc(C)c1C2=O. The summed E-state index contributed by atoms with van der Waals surface area (Å²) in [4.78, 5) is 12.8. The first kappa shape index (κ1) is 14.4. The number of carbonyl (C=O) groups excluding carboxylic acids is 1. The molecule has 2 aromatic carbocycles. The Morgan fingerprint density at radius 2 is 1.45 bits per heavy atom. The van der Waals surface area contributed by atoms with Crippen LogP contribution in [0.15, 0.2) is 18.2 Å². The van der Waals surface area contributed by atoms with E-state index in [0.717, 1.165) is 27.8 Å². The highest BCUT2D eigenvalue weighted by molar-refractivity contribution is 6.24. The van der Waals surface area contributed by atoms with Crippen LogP contribution in [0.3, 0.4) is 0 Å². The van der Waals surface area contributed by atoms with Crippen LogP contribution < -0.4 is 14.2 Å². The fourth-order valence-electron chi connectivity index (χ4n) is 3.20. The van der Waals surface area contributed by atoms with Crippen LogP contribution in [0, 0.1) is 13.8 Å². The van der Waals surface area contributed by atoms with Crippen molar-refractivity contribution in [3.05, 3.63) is 40.5 Å². The van der Waals surface area contributed by atoms with Gasteiger partial charge in [-0.25, -0.2) is 0 Å². The Hall–Kier alpha value is -2.49. The van der Waals surface area contributed by atoms with Crippen molar-refractivity contribution in [2.75, 3.05) is 21.3 Å². The summed E-state index contributed by atoms with van der Waals surface area (Å²) in [6.07, 6.45) is 0. The quantitative estimate of drug-likeness (QED) is 0.742. The Morgan fingerprint density at radius 3 is 2.05 bits per heavy atom. The zero-order chi connectivity index (χ0) is 16.0. The summed E-state index contributed by atoms with van der Waals surface area (Å²) < 4.78 is 16.3. The molecule has 0 atom stereocenters. The van der Waals surface area contributed by atoms with E-state index < -0.39 is 0 Å². The Morgan fingerprint density at radius 1 is 0.773 bits per heavy atom. The van der Waals surface area contributed by atoms with E-state index in [1.165, 1.54) is 0 Å². The number of ketones is 1. The largest absolute Gasteiger partial charge is 0.493 e. The van der Waals surface area contributed by atoms with Gasteiger partial charge >= 0.3 is 0 Å². The lowest BCUT2D eigenvalue weighted by molar-refractivity contribution is 0.104. The van der Waals surface area contributed by atoms with Crippen molar-refractivity contribution in [1.82, 2.24) is 0 Å². The Balaban J connectivity index is 2.43. The first-order valence-electron chi connectivity index (χ1n) is 7.02. The molecule has 1 aliphatic carbocycles. The lowest BCUT2D eigenvalue weighted by Gasteiger charge is -2.16. The number of hydrogen-bond acceptors (Lipinski definition) is 4. The smallest absolute Gasteiger partial charge is 0.203 e. The molecule has 2 aromatic rings. The Bertz CT molecular complexity index is 790. The minimum atomic E-state index is 0.00162. The summed E-state index contributed by atoms with van der Waals surface area (Å²) in [6.45, 7) is 3.97. The van der Waals surface area contributed by atoms with Crippen LogP contribution >= 0.6 is 0 Å². The molecular weight excluding hydrogens is 280 g/mol. The molecule has 0 saturated heterocycles. The van der Waals surface area contributed by atoms with Crippen molar-refractivity contribution in [3.63, 3.8) is 0 Å². The van der Waals surface area contributed by atoms with Gasteiger partial charge in [0.05, 0.1) is 21.3 Å². The number of aryl methyl sites for hydroxylation is 2. The molecule has 0 aliphatic heterocycles. The standard InChI is InChI=1S/C18H18O4/c1-9-6-10(2)14-11(7-9)15-12(16(14)19)8-13(20-3)17(21-4)18(15)22-5/h6-8H,1-5H3. The van der Waals surface area contributed by atoms with Crippen LogP contribution in [0.1, 0.15) is 27.0 Å². The van der Waals surface area contributed by atoms with Gasteiger partial charge in [0.1, 0.15) is 0 Å². The maximum Gasteiger partial charge on any atom is 0.203 e. The number of benzene rings is 2. The summed E-state index contributed by atoms with van der Waals surface area (Å²) in [5.74, 6) is 1.54. The van der Waals surface area contributed by atoms with E-state index in [-0.39, 0.29) is 5.78 Å². The second-order valence-electron chi connectivity index (χ2n) is 5.40. The Kier molecular flexibility index (Phi) is 3.32. The number of rotatable bonds is 3. The molecule has 4 heteroatoms. The van der Waals surface area contributed by atoms with Crippen LogP contribution in [0.2, 0.25) is 0 Å². The molecule has 22 heavy (non-hydrogen) atoms. The molecular formula is C18H18O4. The maximum absolute atomic E-state index is 12.8. The van der Waals surface area contributed by atoms with Gasteiger partial charge in [0.2, 0.25) is 5.75 Å². The molecule has 0 radical (unpaired) electrons. The predicted octanol–water partition coefficient (Wildman–Crippen LogP) is 3.54. The van der Waals surface area contributed by atoms with Crippen molar-refractivity contribution in [2.24, 2.45) is 0 Å². The molecule has 0 unspecified atom stereocenters. The summed E-state index contributed by atoms with van der Waals surface area (Å²) in [7, 11) is 4.68. The molecule has 0 N–H and O–H groups in total. The Labute approximate surface area is 129 Å². The molecule has 3 rings (SSSR count). The van der Waals surface area contributed by atoms with Gasteiger partial charge in [0.15, 0.2) is 17.3 Å². The zero-order valence-electron chi connectivity index (χ0n) is 13.4. The van der Waals surface area contributed by atoms with Gasteiger partial charge in [-0.2, -0.15) is 0 Å². The van der Waals surface area contributed by atoms with Crippen molar-refractivity contribution < 1.29 is 19.0 Å². The summed E-state index contributed by atoms with van der Waals surface area (Å²) in [5.41, 5.74) is 5.08. The number of carbonyl (C=O) groups is 1. The van der Waals surface area contributed by atoms with Crippen LogP contribution in [0.4, 0.5) is 0 Å². The first-order chi connectivity index (χ1) is 10.5. The van der Waals surface area contributed by atoms with Gasteiger partial charge in [-0.3, -0.25) is 4.79 Å². The average molecular weight is 298 g/mol. The van der Waals surface area contributed by atoms with Gasteiger partial charge in [0.25, 0.3) is 0 Å². The van der Waals surface area contributed by atoms with Gasteiger partial charge in [-0.1, -0.05) is 17.7 Å². The second kappa shape index (κ2) is 5.05. The van der Waals surface area contributed by atoms with Crippen molar-refractivity contribution in [2.45, 2.75) is 13.8 Å². The predicted molar refractivity (Wildman–Crippen MR) is 84.4 cm³/mol. The van der Waals surface area contributed by atoms with Crippen LogP contribution in [-0.4, -0.2) is 27.1 Å². The van der Waals surface area contributed by atoms with Gasteiger partial charge in [-0.15, -0.1) is 0 Å². The second-order valence-corrected chi connectivity index (χ2v) is 5.40. The van der Waals surface area contributed by atoms with Crippen LogP contribution in [0.5, 0.6) is 17.2 Å². The van der Waals surface area contributed by atoms with E-state index in [4.69, 9.17) is 14.2 Å². The minimum Gasteiger partial charge on any atom is -0.493 e. The van der Waals surface area contributed by atoms with E-state index >= 15 is 0 Å². The topological polar surface area (TPSA) is 44.8 Å². The van der Waals surface area contributed by atoms with Crippen molar-refractivity contribution in [1.29, 1.82) is 0 Å². The van der Waals surface area contributed by atoms with Crippen molar-refractivity contribution in [3.8, 4) is 28.4 Å². The third-order valence-corrected chi connectivity index (χ3v) is 4.05. The molecule has 0 amide bonds. The number of hydrogen-bond donors (Lipinski definition) is 0. The molecule has 0 heterocycles. The first-order valence-corrected chi connectivity index (χ1v) is 7.02. The van der Waals surface area contributed by atoms with E-state index in [1.807, 2.05) is 26.0 Å². The molecule has 0 bridgehead atoms. The molecule has 1 aliphatic rings. The highest BCUT2D eigenvalue weighted by Crippen LogP contribution is 2.51. The summed E-state index contributed by atoms with van der Waals surface area (Å²) in [5, 5.41) is 0. The molecule has 0 saturated carbocycles. The lowest BCUT2D eigenvalue weighted by Crippen LogP contribution is -2.01. The van der Waals surface area contributed by atoms with Gasteiger partial charge < -0.3 is 14.2 Å². The van der Waals surface area contributed by atoms with Crippen molar-refractivity contribution >= 4 is 5.78 Å². The normalized spacial score (nSPS) is 12.0. The number of fused-ring (bicyclic) bond motifs is 3. The van der Waals surface area contributed by atoms with Crippen LogP contribution in [-0.2, 0) is 0 Å². The van der Waals surface area contributed by atoms with Gasteiger partial charge in [0, 0.05) is 16.7 Å². The number of ether oxygens (including phenoxy) is 3. The third kappa shape index (κ3) is 1.80. The molecule has 0 aromatic heterocycles. The fourth-order valence-corrected chi connectivity index (χ4v) is 3.20. The molecule has 0 fully saturated rings. The zero-order valence-corrected chi connectivity index (χ0v) is 13.4. The van der Waals surface area contributed by atoms with Gasteiger partial charge in [-0.05, 0) is 31.0 Å². The number of methoxy groups -OCH3 is 3. The highest BCUT2D eigenvalue weighted by atomic mass is 16.5. The van der Waals surface area contributed by atoms with E-state index in [1.54, 1.807) is 27.4 Å². The lowest BCUT2D eigenvalue weighted by atomic mass is 9.98. The maximum atomic E-state index is 12.8. The highest BCUT2D eigenvalue weighted by Gasteiger charge is 2.34. The van der Waals surface area contributed by atoms with Crippen LogP contribution in [0.25, 0.3) is 11.1 Å². The molecule has 114 valence electrons. The van der Waals surface area contributed by atoms with E-state index in [9.17, 15) is 4.79 Å². The third-order valence-electron chi connectivity index (χ3n) is 4.05. The molecule has 0 spiro atoms. The monoisotopic (exact) mass is 298 g/mol.